The monoisotopic (exact) mass is 563 g/mol. The van der Waals surface area contributed by atoms with Gasteiger partial charge in [-0.1, -0.05) is 74.4 Å². The second kappa shape index (κ2) is 12.4. The summed E-state index contributed by atoms with van der Waals surface area (Å²) in [5.41, 5.74) is 4.84. The number of carbonyl (C=O) groups is 2. The van der Waals surface area contributed by atoms with E-state index in [4.69, 9.17) is 0 Å². The zero-order chi connectivity index (χ0) is 29.0. The first-order valence-electron chi connectivity index (χ1n) is 14.5. The SMILES string of the molecule is CCCCCN(CC(F)(F)F)C(=O)C1c2ccccc2-c2cccc(N3CCC(NC(=O)c4ccccc4)CC3)c21. The number of anilines is 1. The molecule has 0 spiro atoms. The van der Waals surface area contributed by atoms with E-state index in [2.05, 4.69) is 10.2 Å². The van der Waals surface area contributed by atoms with Crippen LogP contribution in [0, 0.1) is 0 Å². The Kier molecular flexibility index (Phi) is 8.66. The standard InChI is InChI=1S/C33H36F3N3O2/c1-2-3-9-19-39(22-33(34,35)36)32(41)30-27-14-8-7-13-25(27)26-15-10-16-28(29(26)30)38-20-17-24(18-21-38)37-31(40)23-11-5-4-6-12-23/h4-8,10-16,24,30H,2-3,9,17-22H2,1H3,(H,37,40). The van der Waals surface area contributed by atoms with Crippen LogP contribution in [-0.4, -0.2) is 55.1 Å². The number of benzene rings is 3. The Balaban J connectivity index is 1.40. The van der Waals surface area contributed by atoms with Crippen LogP contribution in [0.3, 0.4) is 0 Å². The summed E-state index contributed by atoms with van der Waals surface area (Å²) in [4.78, 5) is 29.9. The van der Waals surface area contributed by atoms with E-state index in [1.165, 1.54) is 0 Å². The van der Waals surface area contributed by atoms with Gasteiger partial charge >= 0.3 is 6.18 Å². The first kappa shape index (κ1) is 28.7. The zero-order valence-corrected chi connectivity index (χ0v) is 23.3. The van der Waals surface area contributed by atoms with Crippen molar-refractivity contribution < 1.29 is 22.8 Å². The van der Waals surface area contributed by atoms with Crippen LogP contribution in [0.5, 0.6) is 0 Å². The molecule has 3 aromatic carbocycles. The smallest absolute Gasteiger partial charge is 0.371 e. The van der Waals surface area contributed by atoms with E-state index in [1.807, 2.05) is 67.6 Å². The molecule has 41 heavy (non-hydrogen) atoms. The second-order valence-electron chi connectivity index (χ2n) is 10.9. The molecular weight excluding hydrogens is 527 g/mol. The Morgan fingerprint density at radius 1 is 0.902 bits per heavy atom. The van der Waals surface area contributed by atoms with Crippen LogP contribution in [0.2, 0.25) is 0 Å². The number of nitrogens with zero attached hydrogens (tertiary/aromatic N) is 2. The molecule has 1 N–H and O–H groups in total. The first-order chi connectivity index (χ1) is 19.8. The minimum atomic E-state index is -4.48. The summed E-state index contributed by atoms with van der Waals surface area (Å²) in [6.07, 6.45) is -0.872. The van der Waals surface area contributed by atoms with E-state index in [-0.39, 0.29) is 18.5 Å². The van der Waals surface area contributed by atoms with Crippen molar-refractivity contribution in [3.8, 4) is 11.1 Å². The minimum Gasteiger partial charge on any atom is -0.371 e. The van der Waals surface area contributed by atoms with Crippen molar-refractivity contribution in [2.75, 3.05) is 31.1 Å². The van der Waals surface area contributed by atoms with E-state index in [9.17, 15) is 22.8 Å². The Morgan fingerprint density at radius 3 is 2.29 bits per heavy atom. The molecule has 216 valence electrons. The summed E-state index contributed by atoms with van der Waals surface area (Å²) in [6.45, 7) is 2.14. The number of rotatable bonds is 9. The zero-order valence-electron chi connectivity index (χ0n) is 23.3. The molecule has 1 aliphatic heterocycles. The Morgan fingerprint density at radius 2 is 1.59 bits per heavy atom. The molecule has 0 saturated carbocycles. The molecule has 5 rings (SSSR count). The molecule has 5 nitrogen and oxygen atoms in total. The van der Waals surface area contributed by atoms with E-state index >= 15 is 0 Å². The molecule has 1 heterocycles. The molecule has 8 heteroatoms. The second-order valence-corrected chi connectivity index (χ2v) is 10.9. The number of fused-ring (bicyclic) bond motifs is 3. The van der Waals surface area contributed by atoms with Gasteiger partial charge in [0.25, 0.3) is 5.91 Å². The Hall–Kier alpha value is -3.81. The number of hydrogen-bond acceptors (Lipinski definition) is 3. The number of piperidine rings is 1. The van der Waals surface area contributed by atoms with E-state index < -0.39 is 24.5 Å². The van der Waals surface area contributed by atoms with Crippen molar-refractivity contribution in [1.82, 2.24) is 10.2 Å². The number of hydrogen-bond donors (Lipinski definition) is 1. The van der Waals surface area contributed by atoms with E-state index in [0.717, 1.165) is 58.5 Å². The molecule has 0 radical (unpaired) electrons. The largest absolute Gasteiger partial charge is 0.406 e. The molecular formula is C33H36F3N3O2. The fraction of sp³-hybridized carbons (Fsp3) is 0.394. The van der Waals surface area contributed by atoms with Crippen LogP contribution in [0.4, 0.5) is 18.9 Å². The van der Waals surface area contributed by atoms with Gasteiger partial charge in [-0.25, -0.2) is 0 Å². The molecule has 2 aliphatic rings. The number of carbonyl (C=O) groups excluding carboxylic acids is 2. The van der Waals surface area contributed by atoms with Crippen LogP contribution < -0.4 is 10.2 Å². The molecule has 2 amide bonds. The number of amides is 2. The number of halogens is 3. The van der Waals surface area contributed by atoms with Gasteiger partial charge in [-0.15, -0.1) is 0 Å². The normalized spacial score (nSPS) is 16.7. The molecule has 0 bridgehead atoms. The third kappa shape index (κ3) is 6.42. The van der Waals surface area contributed by atoms with Gasteiger partial charge in [0, 0.05) is 42.5 Å². The molecule has 1 unspecified atom stereocenters. The lowest BCUT2D eigenvalue weighted by Crippen LogP contribution is -2.45. The Labute approximate surface area is 239 Å². The topological polar surface area (TPSA) is 52.7 Å². The molecule has 1 saturated heterocycles. The number of alkyl halides is 3. The summed E-state index contributed by atoms with van der Waals surface area (Å²) in [7, 11) is 0. The van der Waals surface area contributed by atoms with Gasteiger partial charge in [0.2, 0.25) is 5.91 Å². The van der Waals surface area contributed by atoms with Gasteiger partial charge in [0.1, 0.15) is 6.54 Å². The number of unbranched alkanes of at least 4 members (excludes halogenated alkanes) is 2. The summed E-state index contributed by atoms with van der Waals surface area (Å²) >= 11 is 0. The number of nitrogens with one attached hydrogen (secondary N) is 1. The molecule has 1 fully saturated rings. The van der Waals surface area contributed by atoms with Crippen molar-refractivity contribution in [2.24, 2.45) is 0 Å². The lowest BCUT2D eigenvalue weighted by Gasteiger charge is -2.36. The molecule has 0 aromatic heterocycles. The van der Waals surface area contributed by atoms with Crippen molar-refractivity contribution in [2.45, 2.75) is 57.2 Å². The average molecular weight is 564 g/mol. The van der Waals surface area contributed by atoms with E-state index in [0.29, 0.717) is 25.1 Å². The highest BCUT2D eigenvalue weighted by Crippen LogP contribution is 2.50. The van der Waals surface area contributed by atoms with Crippen molar-refractivity contribution >= 4 is 17.5 Å². The van der Waals surface area contributed by atoms with Gasteiger partial charge in [-0.3, -0.25) is 9.59 Å². The maximum Gasteiger partial charge on any atom is 0.406 e. The Bertz CT molecular complexity index is 1370. The summed E-state index contributed by atoms with van der Waals surface area (Å²) in [5.74, 6) is -1.39. The van der Waals surface area contributed by atoms with Gasteiger partial charge in [0.05, 0.1) is 5.92 Å². The highest BCUT2D eigenvalue weighted by molar-refractivity contribution is 5.99. The minimum absolute atomic E-state index is 0.0196. The van der Waals surface area contributed by atoms with E-state index in [1.54, 1.807) is 12.1 Å². The maximum atomic E-state index is 14.0. The van der Waals surface area contributed by atoms with Gasteiger partial charge in [-0.2, -0.15) is 13.2 Å². The van der Waals surface area contributed by atoms with Crippen LogP contribution in [0.15, 0.2) is 72.8 Å². The highest BCUT2D eigenvalue weighted by Gasteiger charge is 2.42. The maximum absolute atomic E-state index is 14.0. The van der Waals surface area contributed by atoms with Crippen LogP contribution in [-0.2, 0) is 4.79 Å². The predicted octanol–water partition coefficient (Wildman–Crippen LogP) is 6.78. The molecule has 1 aliphatic carbocycles. The van der Waals surface area contributed by atoms with Crippen molar-refractivity contribution in [3.63, 3.8) is 0 Å². The van der Waals surface area contributed by atoms with Gasteiger partial charge in [-0.05, 0) is 54.2 Å². The quantitative estimate of drug-likeness (QED) is 0.292. The summed E-state index contributed by atoms with van der Waals surface area (Å²) in [6, 6.07) is 22.6. The third-order valence-corrected chi connectivity index (χ3v) is 8.10. The first-order valence-corrected chi connectivity index (χ1v) is 14.5. The summed E-state index contributed by atoms with van der Waals surface area (Å²) in [5, 5.41) is 3.13. The van der Waals surface area contributed by atoms with Crippen LogP contribution in [0.1, 0.15) is 66.4 Å². The third-order valence-electron chi connectivity index (χ3n) is 8.10. The molecule has 1 atom stereocenters. The molecule has 3 aromatic rings. The average Bonchev–Trinajstić information content (AvgIpc) is 3.31. The fourth-order valence-electron chi connectivity index (χ4n) is 6.11. The van der Waals surface area contributed by atoms with Gasteiger partial charge < -0.3 is 15.1 Å². The van der Waals surface area contributed by atoms with Gasteiger partial charge in [0.15, 0.2) is 0 Å². The van der Waals surface area contributed by atoms with Crippen LogP contribution >= 0.6 is 0 Å². The highest BCUT2D eigenvalue weighted by atomic mass is 19.4. The summed E-state index contributed by atoms with van der Waals surface area (Å²) < 4.78 is 40.9. The van der Waals surface area contributed by atoms with Crippen molar-refractivity contribution in [3.05, 3.63) is 89.5 Å². The van der Waals surface area contributed by atoms with Crippen LogP contribution in [0.25, 0.3) is 11.1 Å². The fourth-order valence-corrected chi connectivity index (χ4v) is 6.11. The lowest BCUT2D eigenvalue weighted by molar-refractivity contribution is -0.161. The van der Waals surface area contributed by atoms with Crippen molar-refractivity contribution in [1.29, 1.82) is 0 Å². The lowest BCUT2D eigenvalue weighted by atomic mass is 9.92. The predicted molar refractivity (Wildman–Crippen MR) is 155 cm³/mol.